The molecule has 3 aromatic carbocycles. The zero-order valence-corrected chi connectivity index (χ0v) is 10.6. The summed E-state index contributed by atoms with van der Waals surface area (Å²) < 4.78 is 0. The molecule has 4 rings (SSSR count). The lowest BCUT2D eigenvalue weighted by Crippen LogP contribution is -1.97. The zero-order valence-electron chi connectivity index (χ0n) is 10.6. The van der Waals surface area contributed by atoms with Gasteiger partial charge in [0.25, 0.3) is 0 Å². The average molecular weight is 246 g/mol. The van der Waals surface area contributed by atoms with Crippen LogP contribution in [0.1, 0.15) is 11.1 Å². The third-order valence-electron chi connectivity index (χ3n) is 4.00. The van der Waals surface area contributed by atoms with Crippen LogP contribution in [0.15, 0.2) is 54.6 Å². The maximum atomic E-state index is 10.5. The number of hydrogen-bond acceptors (Lipinski definition) is 1. The second-order valence-electron chi connectivity index (χ2n) is 5.17. The van der Waals surface area contributed by atoms with Crippen molar-refractivity contribution in [1.29, 1.82) is 0 Å². The van der Waals surface area contributed by atoms with Gasteiger partial charge in [-0.2, -0.15) is 0 Å². The number of rotatable bonds is 0. The number of phenols is 1. The lowest BCUT2D eigenvalue weighted by molar-refractivity contribution is 0.487. The summed E-state index contributed by atoms with van der Waals surface area (Å²) in [7, 11) is 0. The summed E-state index contributed by atoms with van der Waals surface area (Å²) in [5.74, 6) is 0.408. The Morgan fingerprint density at radius 2 is 1.47 bits per heavy atom. The smallest absolute Gasteiger partial charge is 0.131 e. The summed E-state index contributed by atoms with van der Waals surface area (Å²) >= 11 is 0. The Bertz CT molecular complexity index is 828. The number of phenolic OH excluding ortho intramolecular Hbond substituents is 1. The van der Waals surface area contributed by atoms with Crippen LogP contribution in [0.4, 0.5) is 0 Å². The van der Waals surface area contributed by atoms with Crippen molar-refractivity contribution in [3.63, 3.8) is 0 Å². The molecule has 19 heavy (non-hydrogen) atoms. The van der Waals surface area contributed by atoms with Gasteiger partial charge in [-0.3, -0.25) is 0 Å². The highest BCUT2D eigenvalue weighted by Crippen LogP contribution is 2.36. The van der Waals surface area contributed by atoms with Crippen LogP contribution in [0, 0.1) is 0 Å². The van der Waals surface area contributed by atoms with Crippen LogP contribution in [0.2, 0.25) is 0 Å². The molecule has 1 aliphatic rings. The molecule has 0 saturated carbocycles. The van der Waals surface area contributed by atoms with Crippen LogP contribution >= 0.6 is 0 Å². The van der Waals surface area contributed by atoms with Gasteiger partial charge < -0.3 is 5.11 Å². The van der Waals surface area contributed by atoms with E-state index in [-0.39, 0.29) is 0 Å². The molecule has 1 nitrogen and oxygen atoms in total. The van der Waals surface area contributed by atoms with Gasteiger partial charge in [-0.25, -0.2) is 0 Å². The molecule has 0 saturated heterocycles. The first-order valence-corrected chi connectivity index (χ1v) is 6.64. The van der Waals surface area contributed by atoms with Gasteiger partial charge in [-0.15, -0.1) is 0 Å². The van der Waals surface area contributed by atoms with Gasteiger partial charge in [0, 0.05) is 10.8 Å². The Morgan fingerprint density at radius 3 is 2.32 bits per heavy atom. The van der Waals surface area contributed by atoms with Crippen molar-refractivity contribution in [3.8, 4) is 5.75 Å². The standard InChI is InChI=1S/C18H14O/c19-18-16-8-4-3-7-14(16)10-15-9-12-5-1-2-6-13(12)11-17(15)18/h1-4,7-11,19H,5-6H2. The summed E-state index contributed by atoms with van der Waals surface area (Å²) in [6.45, 7) is 0. The van der Waals surface area contributed by atoms with Gasteiger partial charge >= 0.3 is 0 Å². The molecule has 0 radical (unpaired) electrons. The van der Waals surface area contributed by atoms with Crippen molar-refractivity contribution in [3.05, 3.63) is 65.7 Å². The fraction of sp³-hybridized carbons (Fsp3) is 0.111. The Hall–Kier alpha value is -2.28. The van der Waals surface area contributed by atoms with Crippen molar-refractivity contribution >= 4 is 21.5 Å². The van der Waals surface area contributed by atoms with E-state index in [0.717, 1.165) is 34.4 Å². The molecule has 0 aromatic heterocycles. The third-order valence-corrected chi connectivity index (χ3v) is 4.00. The highest BCUT2D eigenvalue weighted by atomic mass is 16.3. The van der Waals surface area contributed by atoms with Crippen LogP contribution in [0.25, 0.3) is 21.5 Å². The van der Waals surface area contributed by atoms with Crippen LogP contribution in [-0.2, 0) is 12.8 Å². The molecule has 0 unspecified atom stereocenters. The van der Waals surface area contributed by atoms with Gasteiger partial charge in [0.2, 0.25) is 0 Å². The number of benzene rings is 3. The van der Waals surface area contributed by atoms with E-state index in [4.69, 9.17) is 0 Å². The first-order valence-electron chi connectivity index (χ1n) is 6.64. The van der Waals surface area contributed by atoms with Crippen molar-refractivity contribution < 1.29 is 5.11 Å². The molecule has 1 aliphatic carbocycles. The number of allylic oxidation sites excluding steroid dienone is 2. The summed E-state index contributed by atoms with van der Waals surface area (Å²) in [5, 5.41) is 14.6. The van der Waals surface area contributed by atoms with Crippen molar-refractivity contribution in [2.75, 3.05) is 0 Å². The first-order chi connectivity index (χ1) is 9.33. The quantitative estimate of drug-likeness (QED) is 0.461. The predicted molar refractivity (Wildman–Crippen MR) is 79.7 cm³/mol. The summed E-state index contributed by atoms with van der Waals surface area (Å²) in [4.78, 5) is 0. The maximum Gasteiger partial charge on any atom is 0.131 e. The average Bonchev–Trinajstić information content (AvgIpc) is 2.46. The van der Waals surface area contributed by atoms with E-state index in [1.54, 1.807) is 0 Å². The van der Waals surface area contributed by atoms with Crippen molar-refractivity contribution in [2.24, 2.45) is 0 Å². The topological polar surface area (TPSA) is 20.2 Å². The van der Waals surface area contributed by atoms with E-state index < -0.39 is 0 Å². The molecule has 1 heteroatoms. The second kappa shape index (κ2) is 3.86. The molecule has 0 bridgehead atoms. The van der Waals surface area contributed by atoms with E-state index in [9.17, 15) is 5.11 Å². The molecule has 3 aromatic rings. The van der Waals surface area contributed by atoms with Crippen LogP contribution < -0.4 is 0 Å². The number of fused-ring (bicyclic) bond motifs is 3. The lowest BCUT2D eigenvalue weighted by Gasteiger charge is -2.14. The third kappa shape index (κ3) is 1.55. The van der Waals surface area contributed by atoms with E-state index in [1.807, 2.05) is 24.3 Å². The van der Waals surface area contributed by atoms with Crippen molar-refractivity contribution in [1.82, 2.24) is 0 Å². The van der Waals surface area contributed by atoms with E-state index in [0.29, 0.717) is 5.75 Å². The van der Waals surface area contributed by atoms with Gasteiger partial charge in [-0.1, -0.05) is 42.5 Å². The molecule has 0 amide bonds. The highest BCUT2D eigenvalue weighted by Gasteiger charge is 2.11. The molecule has 0 spiro atoms. The van der Waals surface area contributed by atoms with Crippen molar-refractivity contribution in [2.45, 2.75) is 12.8 Å². The minimum absolute atomic E-state index is 0.408. The summed E-state index contributed by atoms with van der Waals surface area (Å²) in [6.07, 6.45) is 6.39. The van der Waals surface area contributed by atoms with E-state index in [2.05, 4.69) is 30.4 Å². The van der Waals surface area contributed by atoms with Gasteiger partial charge in [0.05, 0.1) is 0 Å². The maximum absolute atomic E-state index is 10.5. The molecule has 0 aliphatic heterocycles. The number of aromatic hydroxyl groups is 1. The largest absolute Gasteiger partial charge is 0.507 e. The minimum atomic E-state index is 0.408. The Balaban J connectivity index is 2.13. The van der Waals surface area contributed by atoms with E-state index >= 15 is 0 Å². The Kier molecular flexibility index (Phi) is 2.16. The fourth-order valence-corrected chi connectivity index (χ4v) is 2.98. The summed E-state index contributed by atoms with van der Waals surface area (Å²) in [6, 6.07) is 14.5. The van der Waals surface area contributed by atoms with Crippen LogP contribution in [-0.4, -0.2) is 5.11 Å². The van der Waals surface area contributed by atoms with Crippen LogP contribution in [0.3, 0.4) is 0 Å². The zero-order chi connectivity index (χ0) is 12.8. The Morgan fingerprint density at radius 1 is 0.737 bits per heavy atom. The first kappa shape index (κ1) is 10.6. The molecule has 0 heterocycles. The molecular formula is C18H14O. The normalized spacial score (nSPS) is 13.9. The van der Waals surface area contributed by atoms with E-state index in [1.165, 1.54) is 11.1 Å². The Labute approximate surface area is 111 Å². The minimum Gasteiger partial charge on any atom is -0.507 e. The summed E-state index contributed by atoms with van der Waals surface area (Å²) in [5.41, 5.74) is 2.71. The van der Waals surface area contributed by atoms with Gasteiger partial charge in [-0.05, 0) is 46.9 Å². The molecule has 92 valence electrons. The molecule has 0 fully saturated rings. The van der Waals surface area contributed by atoms with Gasteiger partial charge in [0.15, 0.2) is 0 Å². The second-order valence-corrected chi connectivity index (χ2v) is 5.17. The molecular weight excluding hydrogens is 232 g/mol. The monoisotopic (exact) mass is 246 g/mol. The molecule has 0 atom stereocenters. The highest BCUT2D eigenvalue weighted by molar-refractivity contribution is 6.05. The number of hydrogen-bond donors (Lipinski definition) is 1. The van der Waals surface area contributed by atoms with Gasteiger partial charge in [0.1, 0.15) is 5.75 Å². The SMILES string of the molecule is Oc1c2ccccc2cc2cc3c(cc12)CC=CC3. The predicted octanol–water partition coefficient (Wildman–Crippen LogP) is 4.35. The fourth-order valence-electron chi connectivity index (χ4n) is 2.98. The van der Waals surface area contributed by atoms with Crippen LogP contribution in [0.5, 0.6) is 5.75 Å². The molecule has 1 N–H and O–H groups in total. The lowest BCUT2D eigenvalue weighted by atomic mass is 9.91.